The summed E-state index contributed by atoms with van der Waals surface area (Å²) >= 11 is 0. The summed E-state index contributed by atoms with van der Waals surface area (Å²) in [7, 11) is 0. The lowest BCUT2D eigenvalue weighted by Gasteiger charge is -2.07. The third-order valence-electron chi connectivity index (χ3n) is 2.11. The number of aliphatic hydroxyl groups is 1. The molecule has 0 heterocycles. The number of hydrogen-bond acceptors (Lipinski definition) is 3. The minimum atomic E-state index is 0.322. The summed E-state index contributed by atoms with van der Waals surface area (Å²) in [5, 5.41) is 11.9. The maximum Gasteiger partial charge on any atom is 0.0489 e. The van der Waals surface area contributed by atoms with Gasteiger partial charge in [0.05, 0.1) is 0 Å². The smallest absolute Gasteiger partial charge is 0.0489 e. The van der Waals surface area contributed by atoms with Gasteiger partial charge >= 0.3 is 0 Å². The van der Waals surface area contributed by atoms with Crippen molar-refractivity contribution in [1.29, 1.82) is 0 Å². The zero-order valence-corrected chi connectivity index (χ0v) is 10.3. The molecule has 0 amide bonds. The van der Waals surface area contributed by atoms with E-state index in [1.54, 1.807) is 0 Å². The molecule has 0 bridgehead atoms. The average Bonchev–Trinajstić information content (AvgIpc) is 2.20. The van der Waals surface area contributed by atoms with Gasteiger partial charge in [-0.3, -0.25) is 0 Å². The van der Waals surface area contributed by atoms with Crippen molar-refractivity contribution >= 4 is 0 Å². The van der Waals surface area contributed by atoms with Crippen molar-refractivity contribution in [3.63, 3.8) is 0 Å². The summed E-state index contributed by atoms with van der Waals surface area (Å²) in [5.41, 5.74) is 0. The Hall–Kier alpha value is -0.120. The fraction of sp³-hybridized carbons (Fsp3) is 1.00. The molecule has 2 N–H and O–H groups in total. The van der Waals surface area contributed by atoms with Gasteiger partial charge in [-0.2, -0.15) is 0 Å². The summed E-state index contributed by atoms with van der Waals surface area (Å²) in [4.78, 5) is 0. The monoisotopic (exact) mass is 217 g/mol. The number of nitrogens with one attached hydrogen (secondary N) is 1. The lowest BCUT2D eigenvalue weighted by molar-refractivity contribution is 0.108. The Morgan fingerprint density at radius 2 is 1.80 bits per heavy atom. The Balaban J connectivity index is 2.87. The van der Waals surface area contributed by atoms with Crippen LogP contribution in [0, 0.1) is 5.92 Å². The topological polar surface area (TPSA) is 41.5 Å². The van der Waals surface area contributed by atoms with Crippen LogP contribution in [0.1, 0.15) is 39.5 Å². The van der Waals surface area contributed by atoms with E-state index in [4.69, 9.17) is 9.84 Å². The molecule has 0 atom stereocenters. The standard InChI is InChI=1S/C12H27NO2/c1-12(2)11-15-10-6-8-13-7-4-3-5-9-14/h12-14H,3-11H2,1-2H3. The third-order valence-corrected chi connectivity index (χ3v) is 2.11. The first-order valence-electron chi connectivity index (χ1n) is 6.16. The Labute approximate surface area is 94.2 Å². The van der Waals surface area contributed by atoms with Crippen LogP contribution in [0.25, 0.3) is 0 Å². The Morgan fingerprint density at radius 1 is 1.07 bits per heavy atom. The summed E-state index contributed by atoms with van der Waals surface area (Å²) in [6.45, 7) is 8.49. The molecule has 15 heavy (non-hydrogen) atoms. The van der Waals surface area contributed by atoms with Crippen LogP contribution in [-0.4, -0.2) is 38.0 Å². The van der Waals surface area contributed by atoms with E-state index < -0.39 is 0 Å². The van der Waals surface area contributed by atoms with Crippen molar-refractivity contribution in [1.82, 2.24) is 5.32 Å². The molecule has 3 heteroatoms. The van der Waals surface area contributed by atoms with E-state index in [1.807, 2.05) is 0 Å². The molecule has 0 aliphatic heterocycles. The van der Waals surface area contributed by atoms with E-state index in [1.165, 1.54) is 0 Å². The number of unbranched alkanes of at least 4 members (excludes halogenated alkanes) is 2. The molecule has 0 radical (unpaired) electrons. The van der Waals surface area contributed by atoms with Crippen molar-refractivity contribution in [3.05, 3.63) is 0 Å². The van der Waals surface area contributed by atoms with Crippen LogP contribution in [0.3, 0.4) is 0 Å². The molecule has 0 rings (SSSR count). The molecule has 0 saturated carbocycles. The molecule has 0 aromatic heterocycles. The molecule has 0 fully saturated rings. The predicted octanol–water partition coefficient (Wildman–Crippen LogP) is 1.80. The molecule has 0 aromatic carbocycles. The first-order valence-corrected chi connectivity index (χ1v) is 6.16. The zero-order chi connectivity index (χ0) is 11.4. The number of aliphatic hydroxyl groups excluding tert-OH is 1. The largest absolute Gasteiger partial charge is 0.396 e. The highest BCUT2D eigenvalue weighted by molar-refractivity contribution is 4.49. The van der Waals surface area contributed by atoms with Gasteiger partial charge in [-0.1, -0.05) is 13.8 Å². The SMILES string of the molecule is CC(C)COCCCNCCCCCO. The minimum absolute atomic E-state index is 0.322. The Kier molecular flexibility index (Phi) is 11.9. The molecular formula is C12H27NO2. The van der Waals surface area contributed by atoms with Gasteiger partial charge < -0.3 is 15.2 Å². The molecule has 0 aromatic rings. The van der Waals surface area contributed by atoms with Crippen molar-refractivity contribution in [3.8, 4) is 0 Å². The lowest BCUT2D eigenvalue weighted by Crippen LogP contribution is -2.18. The lowest BCUT2D eigenvalue weighted by atomic mass is 10.2. The highest BCUT2D eigenvalue weighted by Gasteiger charge is 1.93. The highest BCUT2D eigenvalue weighted by atomic mass is 16.5. The van der Waals surface area contributed by atoms with Gasteiger partial charge in [-0.05, 0) is 44.7 Å². The van der Waals surface area contributed by atoms with E-state index in [9.17, 15) is 0 Å². The van der Waals surface area contributed by atoms with E-state index in [0.29, 0.717) is 12.5 Å². The summed E-state index contributed by atoms with van der Waals surface area (Å²) in [6.07, 6.45) is 4.30. The molecule has 92 valence electrons. The molecule has 0 unspecified atom stereocenters. The first-order chi connectivity index (χ1) is 7.27. The van der Waals surface area contributed by atoms with Crippen LogP contribution < -0.4 is 5.32 Å². The van der Waals surface area contributed by atoms with Crippen LogP contribution in [0.5, 0.6) is 0 Å². The van der Waals surface area contributed by atoms with Gasteiger partial charge in [0.25, 0.3) is 0 Å². The van der Waals surface area contributed by atoms with Crippen LogP contribution in [0.4, 0.5) is 0 Å². The van der Waals surface area contributed by atoms with E-state index in [0.717, 1.165) is 52.0 Å². The first kappa shape index (κ1) is 14.9. The van der Waals surface area contributed by atoms with E-state index >= 15 is 0 Å². The van der Waals surface area contributed by atoms with Crippen molar-refractivity contribution in [2.75, 3.05) is 32.9 Å². The highest BCUT2D eigenvalue weighted by Crippen LogP contribution is 1.94. The molecule has 0 aliphatic rings. The zero-order valence-electron chi connectivity index (χ0n) is 10.3. The second-order valence-corrected chi connectivity index (χ2v) is 4.36. The molecular weight excluding hydrogens is 190 g/mol. The summed E-state index contributed by atoms with van der Waals surface area (Å²) in [5.74, 6) is 0.636. The Morgan fingerprint density at radius 3 is 2.47 bits per heavy atom. The Bertz CT molecular complexity index is 118. The number of rotatable bonds is 11. The van der Waals surface area contributed by atoms with Crippen molar-refractivity contribution in [2.45, 2.75) is 39.5 Å². The van der Waals surface area contributed by atoms with Crippen molar-refractivity contribution in [2.24, 2.45) is 5.92 Å². The van der Waals surface area contributed by atoms with Crippen LogP contribution in [0.2, 0.25) is 0 Å². The van der Waals surface area contributed by atoms with Gasteiger partial charge in [0.2, 0.25) is 0 Å². The summed E-state index contributed by atoms with van der Waals surface area (Å²) in [6, 6.07) is 0. The molecule has 0 aliphatic carbocycles. The summed E-state index contributed by atoms with van der Waals surface area (Å²) < 4.78 is 5.47. The predicted molar refractivity (Wildman–Crippen MR) is 64.1 cm³/mol. The quantitative estimate of drug-likeness (QED) is 0.519. The molecule has 0 spiro atoms. The van der Waals surface area contributed by atoms with Gasteiger partial charge in [0, 0.05) is 19.8 Å². The van der Waals surface area contributed by atoms with Crippen LogP contribution in [0.15, 0.2) is 0 Å². The average molecular weight is 217 g/mol. The van der Waals surface area contributed by atoms with Gasteiger partial charge in [-0.15, -0.1) is 0 Å². The fourth-order valence-corrected chi connectivity index (χ4v) is 1.28. The number of ether oxygens (including phenoxy) is 1. The third kappa shape index (κ3) is 13.9. The van der Waals surface area contributed by atoms with Gasteiger partial charge in [0.1, 0.15) is 0 Å². The maximum atomic E-state index is 8.57. The van der Waals surface area contributed by atoms with Gasteiger partial charge in [-0.25, -0.2) is 0 Å². The second-order valence-electron chi connectivity index (χ2n) is 4.36. The van der Waals surface area contributed by atoms with Crippen LogP contribution >= 0.6 is 0 Å². The number of hydrogen-bond donors (Lipinski definition) is 2. The fourth-order valence-electron chi connectivity index (χ4n) is 1.28. The van der Waals surface area contributed by atoms with E-state index in [2.05, 4.69) is 19.2 Å². The minimum Gasteiger partial charge on any atom is -0.396 e. The maximum absolute atomic E-state index is 8.57. The second kappa shape index (κ2) is 12.0. The molecule has 3 nitrogen and oxygen atoms in total. The van der Waals surface area contributed by atoms with Gasteiger partial charge in [0.15, 0.2) is 0 Å². The van der Waals surface area contributed by atoms with Crippen LogP contribution in [-0.2, 0) is 4.74 Å². The van der Waals surface area contributed by atoms with Crippen molar-refractivity contribution < 1.29 is 9.84 Å². The normalized spacial score (nSPS) is 11.2. The molecule has 0 saturated heterocycles. The van der Waals surface area contributed by atoms with E-state index in [-0.39, 0.29) is 0 Å².